The molecule has 0 spiro atoms. The molecule has 1 aliphatic rings. The van der Waals surface area contributed by atoms with E-state index >= 15 is 0 Å². The number of hydrazine groups is 1. The van der Waals surface area contributed by atoms with Crippen LogP contribution in [0.15, 0.2) is 53.5 Å². The summed E-state index contributed by atoms with van der Waals surface area (Å²) < 4.78 is 6.91. The molecular weight excluding hydrogens is 318 g/mol. The van der Waals surface area contributed by atoms with Crippen LogP contribution in [0.1, 0.15) is 12.5 Å². The van der Waals surface area contributed by atoms with Crippen LogP contribution in [-0.4, -0.2) is 47.8 Å². The van der Waals surface area contributed by atoms with Gasteiger partial charge in [-0.3, -0.25) is 9.79 Å². The molecule has 1 unspecified atom stereocenters. The number of carbonyl (C=O) groups excluding carboxylic acids is 1. The van der Waals surface area contributed by atoms with Gasteiger partial charge >= 0.3 is 5.91 Å². The Kier molecular flexibility index (Phi) is 4.52. The van der Waals surface area contributed by atoms with Crippen molar-refractivity contribution < 1.29 is 19.3 Å². The lowest BCUT2D eigenvalue weighted by Crippen LogP contribution is -2.35. The van der Waals surface area contributed by atoms with E-state index in [9.17, 15) is 9.90 Å². The average Bonchev–Trinajstić information content (AvgIpc) is 2.84. The van der Waals surface area contributed by atoms with Crippen molar-refractivity contribution in [3.05, 3.63) is 54.1 Å². The molecule has 25 heavy (non-hydrogen) atoms. The number of hydrogen-bond donors (Lipinski definition) is 1. The third-order valence-electron chi connectivity index (χ3n) is 4.23. The van der Waals surface area contributed by atoms with Crippen molar-refractivity contribution in [2.24, 2.45) is 4.99 Å². The topological polar surface area (TPSA) is 65.1 Å². The molecule has 2 aromatic rings. The van der Waals surface area contributed by atoms with Crippen molar-refractivity contribution in [3.8, 4) is 11.5 Å². The van der Waals surface area contributed by atoms with Gasteiger partial charge in [0.2, 0.25) is 11.8 Å². The lowest BCUT2D eigenvalue weighted by molar-refractivity contribution is -0.495. The zero-order valence-electron chi connectivity index (χ0n) is 14.4. The molecule has 6 nitrogen and oxygen atoms in total. The molecule has 1 heterocycles. The van der Waals surface area contributed by atoms with Gasteiger partial charge in [-0.25, -0.2) is 0 Å². The van der Waals surface area contributed by atoms with Gasteiger partial charge in [0.05, 0.1) is 7.11 Å². The second kappa shape index (κ2) is 6.76. The Balaban J connectivity index is 1.87. The van der Waals surface area contributed by atoms with Crippen LogP contribution in [0, 0.1) is 0 Å². The molecule has 1 aliphatic heterocycles. The fourth-order valence-corrected chi connectivity index (χ4v) is 2.75. The molecule has 0 bridgehead atoms. The van der Waals surface area contributed by atoms with E-state index in [0.717, 1.165) is 17.0 Å². The maximum absolute atomic E-state index is 12.8. The first-order valence-electron chi connectivity index (χ1n) is 7.89. The van der Waals surface area contributed by atoms with Crippen molar-refractivity contribution in [1.29, 1.82) is 0 Å². The van der Waals surface area contributed by atoms with Gasteiger partial charge in [-0.15, -0.1) is 4.68 Å². The van der Waals surface area contributed by atoms with Gasteiger partial charge in [0.15, 0.2) is 18.5 Å². The number of rotatable bonds is 4. The first-order valence-corrected chi connectivity index (χ1v) is 7.89. The molecule has 128 valence electrons. The van der Waals surface area contributed by atoms with Gasteiger partial charge in [0, 0.05) is 13.1 Å². The number of benzene rings is 2. The van der Waals surface area contributed by atoms with Crippen LogP contribution >= 0.6 is 0 Å². The summed E-state index contributed by atoms with van der Waals surface area (Å²) in [5.41, 5.74) is 2.39. The van der Waals surface area contributed by atoms with Crippen molar-refractivity contribution in [2.75, 3.05) is 19.2 Å². The number of nitrogens with zero attached hydrogens (tertiary/aromatic N) is 3. The minimum atomic E-state index is -0.579. The highest BCUT2D eigenvalue weighted by molar-refractivity contribution is 6.15. The number of phenolic OH excluding ortho intramolecular Hbond substituents is 1. The molecule has 3 rings (SSSR count). The number of phenols is 1. The van der Waals surface area contributed by atoms with Gasteiger partial charge in [-0.1, -0.05) is 23.2 Å². The molecule has 0 aliphatic carbocycles. The summed E-state index contributed by atoms with van der Waals surface area (Å²) in [7, 11) is 3.33. The molecular formula is C19H20N3O3+. The van der Waals surface area contributed by atoms with Crippen LogP contribution < -0.4 is 9.75 Å². The smallest absolute Gasteiger partial charge is 0.318 e. The molecule has 2 aromatic carbocycles. The lowest BCUT2D eigenvalue weighted by atomic mass is 10.2. The van der Waals surface area contributed by atoms with E-state index in [-0.39, 0.29) is 11.7 Å². The van der Waals surface area contributed by atoms with Crippen LogP contribution in [-0.2, 0) is 4.79 Å². The number of anilines is 1. The highest BCUT2D eigenvalue weighted by Crippen LogP contribution is 2.26. The number of ether oxygens (including phenoxy) is 1. The molecule has 1 amide bonds. The van der Waals surface area contributed by atoms with E-state index in [2.05, 4.69) is 4.99 Å². The Hall–Kier alpha value is -3.15. The van der Waals surface area contributed by atoms with Crippen molar-refractivity contribution in [1.82, 2.24) is 0 Å². The van der Waals surface area contributed by atoms with Gasteiger partial charge in [-0.05, 0) is 35.9 Å². The molecule has 0 aromatic heterocycles. The zero-order chi connectivity index (χ0) is 18.0. The fourth-order valence-electron chi connectivity index (χ4n) is 2.75. The third kappa shape index (κ3) is 3.10. The van der Waals surface area contributed by atoms with Crippen LogP contribution in [0.4, 0.5) is 5.69 Å². The third-order valence-corrected chi connectivity index (χ3v) is 4.23. The number of para-hydroxylation sites is 1. The molecule has 0 fully saturated rings. The molecule has 6 heteroatoms. The number of carbonyl (C=O) groups is 1. The van der Waals surface area contributed by atoms with Crippen molar-refractivity contribution in [2.45, 2.75) is 13.0 Å². The minimum Gasteiger partial charge on any atom is -0.504 e. The number of amides is 1. The van der Waals surface area contributed by atoms with Crippen LogP contribution in [0.2, 0.25) is 0 Å². The summed E-state index contributed by atoms with van der Waals surface area (Å²) in [5.74, 6) is 0.327. The Morgan fingerprint density at radius 3 is 2.64 bits per heavy atom. The summed E-state index contributed by atoms with van der Waals surface area (Å²) in [4.78, 5) is 17.3. The number of hydrazone groups is 1. The predicted octanol–water partition coefficient (Wildman–Crippen LogP) is 2.25. The first kappa shape index (κ1) is 16.7. The van der Waals surface area contributed by atoms with Crippen LogP contribution in [0.5, 0.6) is 11.5 Å². The molecule has 1 N–H and O–H groups in total. The summed E-state index contributed by atoms with van der Waals surface area (Å²) in [6, 6.07) is 13.8. The summed E-state index contributed by atoms with van der Waals surface area (Å²) >= 11 is 0. The van der Waals surface area contributed by atoms with Crippen molar-refractivity contribution in [3.63, 3.8) is 0 Å². The van der Waals surface area contributed by atoms with E-state index in [1.165, 1.54) is 13.2 Å². The maximum atomic E-state index is 12.8. The maximum Gasteiger partial charge on any atom is 0.318 e. The van der Waals surface area contributed by atoms with Gasteiger partial charge in [-0.2, -0.15) is 0 Å². The normalized spacial score (nSPS) is 17.6. The Morgan fingerprint density at radius 1 is 1.24 bits per heavy atom. The monoisotopic (exact) mass is 338 g/mol. The highest BCUT2D eigenvalue weighted by atomic mass is 16.5. The minimum absolute atomic E-state index is 0.0642. The highest BCUT2D eigenvalue weighted by Gasteiger charge is 2.44. The molecule has 0 saturated carbocycles. The first-order chi connectivity index (χ1) is 12.0. The van der Waals surface area contributed by atoms with E-state index in [0.29, 0.717) is 5.75 Å². The summed E-state index contributed by atoms with van der Waals surface area (Å²) in [5, 5.41) is 11.3. The largest absolute Gasteiger partial charge is 0.504 e. The van der Waals surface area contributed by atoms with E-state index in [4.69, 9.17) is 4.74 Å². The average molecular weight is 338 g/mol. The van der Waals surface area contributed by atoms with Gasteiger partial charge in [0.25, 0.3) is 0 Å². The Bertz CT molecular complexity index is 859. The van der Waals surface area contributed by atoms with Crippen LogP contribution in [0.25, 0.3) is 0 Å². The van der Waals surface area contributed by atoms with E-state index in [1.54, 1.807) is 23.4 Å². The number of aliphatic imine (C=N–C) groups is 1. The van der Waals surface area contributed by atoms with E-state index < -0.39 is 6.04 Å². The summed E-state index contributed by atoms with van der Waals surface area (Å²) in [6.45, 7) is 1.89. The predicted molar refractivity (Wildman–Crippen MR) is 96.8 cm³/mol. The van der Waals surface area contributed by atoms with Crippen LogP contribution in [0.3, 0.4) is 0 Å². The lowest BCUT2D eigenvalue weighted by Gasteiger charge is -2.10. The standard InChI is InChI=1S/C19H19N3O3/c1-13-18(20-12-14-9-10-16(23)17(11-14)25-3)19(24)22(21(13)2)15-7-5-4-6-8-15/h4-12,18H,1-3H3/p+1. The SMILES string of the molecule is COc1cc(C=NC2C(=O)N(c3ccccc3)[N+](C)=C2C)ccc1O. The second-order valence-electron chi connectivity index (χ2n) is 5.76. The second-order valence-corrected chi connectivity index (χ2v) is 5.76. The van der Waals surface area contributed by atoms with Gasteiger partial charge in [0.1, 0.15) is 5.69 Å². The quantitative estimate of drug-likeness (QED) is 0.687. The number of aromatic hydroxyl groups is 1. The van der Waals surface area contributed by atoms with Gasteiger partial charge < -0.3 is 9.84 Å². The van der Waals surface area contributed by atoms with Crippen molar-refractivity contribution >= 4 is 23.5 Å². The van der Waals surface area contributed by atoms with E-state index in [1.807, 2.05) is 49.0 Å². The summed E-state index contributed by atoms with van der Waals surface area (Å²) in [6.07, 6.45) is 1.62. The zero-order valence-corrected chi connectivity index (χ0v) is 14.4. The Morgan fingerprint density at radius 2 is 1.96 bits per heavy atom. The molecule has 1 atom stereocenters. The fraction of sp³-hybridized carbons (Fsp3) is 0.211. The molecule has 0 saturated heterocycles. The molecule has 0 radical (unpaired) electrons. The number of methoxy groups -OCH3 is 1. The Labute approximate surface area is 146 Å². The number of hydrogen-bond acceptors (Lipinski definition) is 4.